The minimum atomic E-state index is 0.300. The molecule has 0 spiro atoms. The Hall–Kier alpha value is -0.0900. The topological polar surface area (TPSA) is 21.3 Å². The molecule has 1 aromatic rings. The molecular formula is C12H15BrClNO. The van der Waals surface area contributed by atoms with Gasteiger partial charge in [-0.25, -0.2) is 0 Å². The van der Waals surface area contributed by atoms with Crippen LogP contribution in [-0.4, -0.2) is 18.8 Å². The molecule has 0 amide bonds. The van der Waals surface area contributed by atoms with Crippen molar-refractivity contribution in [1.29, 1.82) is 0 Å². The molecule has 1 N–H and O–H groups in total. The first-order valence-corrected chi connectivity index (χ1v) is 6.63. The van der Waals surface area contributed by atoms with Gasteiger partial charge in [-0.05, 0) is 31.0 Å². The lowest BCUT2D eigenvalue weighted by molar-refractivity contribution is 0.113. The monoisotopic (exact) mass is 303 g/mol. The van der Waals surface area contributed by atoms with Gasteiger partial charge in [-0.3, -0.25) is 0 Å². The van der Waals surface area contributed by atoms with Crippen molar-refractivity contribution in [1.82, 2.24) is 5.32 Å². The third kappa shape index (κ3) is 2.98. The summed E-state index contributed by atoms with van der Waals surface area (Å²) in [6.07, 6.45) is 1.38. The quantitative estimate of drug-likeness (QED) is 0.924. The van der Waals surface area contributed by atoms with Crippen molar-refractivity contribution in [2.75, 3.05) is 6.61 Å². The van der Waals surface area contributed by atoms with Gasteiger partial charge in [0.15, 0.2) is 0 Å². The molecule has 1 fully saturated rings. The Balaban J connectivity index is 1.94. The highest BCUT2D eigenvalue weighted by Crippen LogP contribution is 2.22. The van der Waals surface area contributed by atoms with E-state index in [1.165, 1.54) is 0 Å². The first-order valence-electron chi connectivity index (χ1n) is 5.46. The Kier molecular flexibility index (Phi) is 4.25. The molecule has 4 heteroatoms. The van der Waals surface area contributed by atoms with Gasteiger partial charge < -0.3 is 10.1 Å². The normalized spacial score (nSPS) is 24.9. The molecule has 0 bridgehead atoms. The number of ether oxygens (including phenoxy) is 1. The van der Waals surface area contributed by atoms with Crippen LogP contribution in [0.3, 0.4) is 0 Å². The second kappa shape index (κ2) is 5.50. The molecular weight excluding hydrogens is 289 g/mol. The minimum absolute atomic E-state index is 0.300. The summed E-state index contributed by atoms with van der Waals surface area (Å²) in [7, 11) is 0. The highest BCUT2D eigenvalue weighted by Gasteiger charge is 2.23. The van der Waals surface area contributed by atoms with E-state index < -0.39 is 0 Å². The molecule has 1 heterocycles. The van der Waals surface area contributed by atoms with Gasteiger partial charge in [0, 0.05) is 28.7 Å². The lowest BCUT2D eigenvalue weighted by Crippen LogP contribution is -2.34. The van der Waals surface area contributed by atoms with Gasteiger partial charge in [-0.2, -0.15) is 0 Å². The largest absolute Gasteiger partial charge is 0.377 e. The third-order valence-electron chi connectivity index (χ3n) is 2.95. The van der Waals surface area contributed by atoms with Crippen molar-refractivity contribution in [2.24, 2.45) is 0 Å². The maximum absolute atomic E-state index is 6.15. The first-order chi connectivity index (χ1) is 7.66. The van der Waals surface area contributed by atoms with Gasteiger partial charge in [-0.1, -0.05) is 33.6 Å². The van der Waals surface area contributed by atoms with Crippen LogP contribution in [0.1, 0.15) is 18.9 Å². The van der Waals surface area contributed by atoms with Crippen molar-refractivity contribution in [3.8, 4) is 0 Å². The molecule has 88 valence electrons. The van der Waals surface area contributed by atoms with Gasteiger partial charge >= 0.3 is 0 Å². The van der Waals surface area contributed by atoms with Crippen LogP contribution >= 0.6 is 27.5 Å². The Bertz CT molecular complexity index is 372. The lowest BCUT2D eigenvalue weighted by atomic mass is 10.1. The lowest BCUT2D eigenvalue weighted by Gasteiger charge is -2.16. The maximum atomic E-state index is 6.15. The zero-order valence-corrected chi connectivity index (χ0v) is 11.5. The van der Waals surface area contributed by atoms with Crippen molar-refractivity contribution < 1.29 is 4.74 Å². The number of halogens is 2. The summed E-state index contributed by atoms with van der Waals surface area (Å²) in [5, 5.41) is 4.28. The van der Waals surface area contributed by atoms with Crippen molar-refractivity contribution in [3.05, 3.63) is 33.3 Å². The second-order valence-corrected chi connectivity index (χ2v) is 5.41. The summed E-state index contributed by atoms with van der Waals surface area (Å²) in [5.74, 6) is 0. The number of hydrogen-bond acceptors (Lipinski definition) is 2. The van der Waals surface area contributed by atoms with Crippen molar-refractivity contribution in [2.45, 2.75) is 32.0 Å². The van der Waals surface area contributed by atoms with Crippen LogP contribution in [0.15, 0.2) is 22.7 Å². The fraction of sp³-hybridized carbons (Fsp3) is 0.500. The van der Waals surface area contributed by atoms with Crippen molar-refractivity contribution in [3.63, 3.8) is 0 Å². The van der Waals surface area contributed by atoms with E-state index in [0.29, 0.717) is 12.1 Å². The molecule has 1 aliphatic rings. The molecule has 0 aromatic heterocycles. The van der Waals surface area contributed by atoms with E-state index in [1.807, 2.05) is 18.2 Å². The number of nitrogens with one attached hydrogen (secondary N) is 1. The van der Waals surface area contributed by atoms with E-state index in [-0.39, 0.29) is 0 Å². The zero-order valence-electron chi connectivity index (χ0n) is 9.17. The first kappa shape index (κ1) is 12.4. The molecule has 2 unspecified atom stereocenters. The molecule has 2 atom stereocenters. The summed E-state index contributed by atoms with van der Waals surface area (Å²) < 4.78 is 6.51. The average molecular weight is 305 g/mol. The maximum Gasteiger partial charge on any atom is 0.0700 e. The summed E-state index contributed by atoms with van der Waals surface area (Å²) >= 11 is 9.55. The Morgan fingerprint density at radius 2 is 2.38 bits per heavy atom. The van der Waals surface area contributed by atoms with E-state index in [2.05, 4.69) is 28.2 Å². The second-order valence-electron chi connectivity index (χ2n) is 4.09. The smallest absolute Gasteiger partial charge is 0.0700 e. The van der Waals surface area contributed by atoms with Gasteiger partial charge in [-0.15, -0.1) is 0 Å². The summed E-state index contributed by atoms with van der Waals surface area (Å²) in [5.41, 5.74) is 1.13. The molecule has 0 saturated carbocycles. The molecule has 1 aliphatic heterocycles. The zero-order chi connectivity index (χ0) is 11.5. The van der Waals surface area contributed by atoms with Gasteiger partial charge in [0.1, 0.15) is 0 Å². The number of benzene rings is 1. The fourth-order valence-corrected chi connectivity index (χ4v) is 2.65. The molecule has 0 radical (unpaired) electrons. The third-order valence-corrected chi connectivity index (χ3v) is 3.79. The molecule has 1 aromatic carbocycles. The van der Waals surface area contributed by atoms with E-state index in [9.17, 15) is 0 Å². The predicted octanol–water partition coefficient (Wildman–Crippen LogP) is 3.37. The van der Waals surface area contributed by atoms with E-state index in [0.717, 1.165) is 34.6 Å². The van der Waals surface area contributed by atoms with Crippen LogP contribution in [0.5, 0.6) is 0 Å². The summed E-state index contributed by atoms with van der Waals surface area (Å²) in [4.78, 5) is 0. The Morgan fingerprint density at radius 1 is 1.56 bits per heavy atom. The van der Waals surface area contributed by atoms with Crippen LogP contribution in [-0.2, 0) is 11.3 Å². The predicted molar refractivity (Wildman–Crippen MR) is 69.8 cm³/mol. The fourth-order valence-electron chi connectivity index (χ4n) is 1.91. The highest BCUT2D eigenvalue weighted by atomic mass is 79.9. The minimum Gasteiger partial charge on any atom is -0.377 e. The molecule has 16 heavy (non-hydrogen) atoms. The van der Waals surface area contributed by atoms with Crippen LogP contribution in [0.2, 0.25) is 5.02 Å². The van der Waals surface area contributed by atoms with Gasteiger partial charge in [0.05, 0.1) is 6.10 Å². The summed E-state index contributed by atoms with van der Waals surface area (Å²) in [6.45, 7) is 3.76. The van der Waals surface area contributed by atoms with Crippen LogP contribution in [0, 0.1) is 0 Å². The number of hydrogen-bond donors (Lipinski definition) is 1. The van der Waals surface area contributed by atoms with Gasteiger partial charge in [0.25, 0.3) is 0 Å². The van der Waals surface area contributed by atoms with Crippen LogP contribution < -0.4 is 5.32 Å². The molecule has 0 aliphatic carbocycles. The van der Waals surface area contributed by atoms with Gasteiger partial charge in [0.2, 0.25) is 0 Å². The van der Waals surface area contributed by atoms with Crippen LogP contribution in [0.25, 0.3) is 0 Å². The van der Waals surface area contributed by atoms with E-state index >= 15 is 0 Å². The van der Waals surface area contributed by atoms with E-state index in [1.54, 1.807) is 0 Å². The SMILES string of the molecule is CC1OCCC1NCc1ccc(Br)cc1Cl. The standard InChI is InChI=1S/C12H15BrClNO/c1-8-12(4-5-16-8)15-7-9-2-3-10(13)6-11(9)14/h2-3,6,8,12,15H,4-5,7H2,1H3. The molecule has 2 nitrogen and oxygen atoms in total. The average Bonchev–Trinajstić information content (AvgIpc) is 2.63. The Labute approximate surface area is 109 Å². The Morgan fingerprint density at radius 3 is 3.00 bits per heavy atom. The highest BCUT2D eigenvalue weighted by molar-refractivity contribution is 9.10. The number of rotatable bonds is 3. The summed E-state index contributed by atoms with van der Waals surface area (Å²) in [6, 6.07) is 6.42. The van der Waals surface area contributed by atoms with Crippen molar-refractivity contribution >= 4 is 27.5 Å². The molecule has 2 rings (SSSR count). The van der Waals surface area contributed by atoms with E-state index in [4.69, 9.17) is 16.3 Å². The van der Waals surface area contributed by atoms with Crippen LogP contribution in [0.4, 0.5) is 0 Å². The molecule has 1 saturated heterocycles.